The summed E-state index contributed by atoms with van der Waals surface area (Å²) in [6.07, 6.45) is 2.67. The molecule has 8 heteroatoms. The van der Waals surface area contributed by atoms with Crippen LogP contribution in [0.25, 0.3) is 10.9 Å². The van der Waals surface area contributed by atoms with Gasteiger partial charge in [-0.1, -0.05) is 27.7 Å². The summed E-state index contributed by atoms with van der Waals surface area (Å²) in [5, 5.41) is 1.01. The van der Waals surface area contributed by atoms with Crippen LogP contribution >= 0.6 is 0 Å². The number of nitrogens with zero attached hydrogens (tertiary/aromatic N) is 2. The maximum Gasteiger partial charge on any atom is 0.258 e. The van der Waals surface area contributed by atoms with Crippen molar-refractivity contribution < 1.29 is 17.9 Å². The number of anilines is 1. The Balaban J connectivity index is 2.12. The molecule has 0 aliphatic heterocycles. The lowest BCUT2D eigenvalue weighted by atomic mass is 10.0. The highest BCUT2D eigenvalue weighted by Crippen LogP contribution is 2.31. The molecule has 184 valence electrons. The Hall–Kier alpha value is -2.84. The Labute approximate surface area is 202 Å². The summed E-state index contributed by atoms with van der Waals surface area (Å²) in [4.78, 5) is 18.8. The van der Waals surface area contributed by atoms with Gasteiger partial charge in [-0.05, 0) is 61.7 Å². The van der Waals surface area contributed by atoms with E-state index in [2.05, 4.69) is 18.8 Å². The minimum absolute atomic E-state index is 0.00194. The molecule has 0 spiro atoms. The molecule has 0 saturated heterocycles. The lowest BCUT2D eigenvalue weighted by Crippen LogP contribution is -2.39. The molecule has 0 unspecified atom stereocenters. The van der Waals surface area contributed by atoms with E-state index in [1.54, 1.807) is 30.9 Å². The molecule has 3 rings (SSSR count). The van der Waals surface area contributed by atoms with Crippen LogP contribution in [0.15, 0.2) is 53.6 Å². The van der Waals surface area contributed by atoms with Gasteiger partial charge >= 0.3 is 0 Å². The second-order valence-electron chi connectivity index (χ2n) is 8.86. The number of benzene rings is 2. The minimum Gasteiger partial charge on any atom is -0.495 e. The third kappa shape index (κ3) is 5.13. The number of sulfonamides is 1. The SMILES string of the molecule is CCN(CC)S(=O)(=O)c1cc(C(=O)N(c2ccc3[nH]ccc3c2)[C@@H](C)CC(C)C)ccc1OC. The third-order valence-corrected chi connectivity index (χ3v) is 8.09. The summed E-state index contributed by atoms with van der Waals surface area (Å²) in [5.74, 6) is 0.358. The highest BCUT2D eigenvalue weighted by atomic mass is 32.2. The molecule has 3 aromatic rings. The monoisotopic (exact) mass is 485 g/mol. The number of ether oxygens (including phenoxy) is 1. The first-order chi connectivity index (χ1) is 16.1. The zero-order valence-electron chi connectivity index (χ0n) is 20.8. The van der Waals surface area contributed by atoms with Gasteiger partial charge in [0.05, 0.1) is 7.11 Å². The Kier molecular flexibility index (Phi) is 8.05. The zero-order valence-corrected chi connectivity index (χ0v) is 21.6. The summed E-state index contributed by atoms with van der Waals surface area (Å²) >= 11 is 0. The highest BCUT2D eigenvalue weighted by molar-refractivity contribution is 7.89. The normalized spacial score (nSPS) is 12.9. The van der Waals surface area contributed by atoms with Crippen LogP contribution in [0.3, 0.4) is 0 Å². The second-order valence-corrected chi connectivity index (χ2v) is 10.8. The highest BCUT2D eigenvalue weighted by Gasteiger charge is 2.29. The van der Waals surface area contributed by atoms with Crippen molar-refractivity contribution >= 4 is 32.5 Å². The van der Waals surface area contributed by atoms with Crippen molar-refractivity contribution in [2.45, 2.75) is 52.0 Å². The molecule has 1 heterocycles. The fourth-order valence-electron chi connectivity index (χ4n) is 4.40. The summed E-state index contributed by atoms with van der Waals surface area (Å²) in [6.45, 7) is 10.5. The van der Waals surface area contributed by atoms with Crippen LogP contribution in [0.5, 0.6) is 5.75 Å². The van der Waals surface area contributed by atoms with Gasteiger partial charge in [-0.15, -0.1) is 0 Å². The molecule has 0 aliphatic rings. The maximum absolute atomic E-state index is 13.9. The Morgan fingerprint density at radius 1 is 1.03 bits per heavy atom. The van der Waals surface area contributed by atoms with E-state index in [4.69, 9.17) is 4.74 Å². The van der Waals surface area contributed by atoms with E-state index >= 15 is 0 Å². The molecule has 1 atom stereocenters. The number of hydrogen-bond acceptors (Lipinski definition) is 4. The Bertz CT molecular complexity index is 1250. The zero-order chi connectivity index (χ0) is 25.0. The lowest BCUT2D eigenvalue weighted by molar-refractivity contribution is 0.0975. The number of methoxy groups -OCH3 is 1. The summed E-state index contributed by atoms with van der Waals surface area (Å²) in [7, 11) is -2.39. The van der Waals surface area contributed by atoms with Crippen LogP contribution < -0.4 is 9.64 Å². The number of carbonyl (C=O) groups is 1. The molecule has 1 N–H and O–H groups in total. The number of H-pyrrole nitrogens is 1. The number of aromatic nitrogens is 1. The van der Waals surface area contributed by atoms with Crippen molar-refractivity contribution in [3.05, 3.63) is 54.2 Å². The second kappa shape index (κ2) is 10.6. The van der Waals surface area contributed by atoms with Gasteiger partial charge < -0.3 is 14.6 Å². The van der Waals surface area contributed by atoms with Crippen LogP contribution in [-0.2, 0) is 10.0 Å². The van der Waals surface area contributed by atoms with E-state index in [1.807, 2.05) is 37.4 Å². The van der Waals surface area contributed by atoms with Gasteiger partial charge in [-0.3, -0.25) is 4.79 Å². The van der Waals surface area contributed by atoms with Crippen LogP contribution in [0, 0.1) is 5.92 Å². The molecule has 0 saturated carbocycles. The van der Waals surface area contributed by atoms with E-state index in [0.29, 0.717) is 24.6 Å². The van der Waals surface area contributed by atoms with Crippen molar-refractivity contribution in [3.63, 3.8) is 0 Å². The molecule has 7 nitrogen and oxygen atoms in total. The first-order valence-corrected chi connectivity index (χ1v) is 13.2. The van der Waals surface area contributed by atoms with Crippen molar-refractivity contribution in [2.75, 3.05) is 25.1 Å². The minimum atomic E-state index is -3.82. The molecular formula is C26H35N3O4S. The topological polar surface area (TPSA) is 82.7 Å². The summed E-state index contributed by atoms with van der Waals surface area (Å²) < 4.78 is 33.3. The Morgan fingerprint density at radius 2 is 1.74 bits per heavy atom. The average Bonchev–Trinajstić information content (AvgIpc) is 3.27. The third-order valence-electron chi connectivity index (χ3n) is 6.02. The van der Waals surface area contributed by atoms with Crippen molar-refractivity contribution in [3.8, 4) is 5.75 Å². The molecule has 1 aromatic heterocycles. The van der Waals surface area contributed by atoms with Gasteiger partial charge in [0.2, 0.25) is 10.0 Å². The molecule has 2 aromatic carbocycles. The van der Waals surface area contributed by atoms with Crippen LogP contribution in [-0.4, -0.2) is 49.9 Å². The number of rotatable bonds is 10. The van der Waals surface area contributed by atoms with Gasteiger partial charge in [0, 0.05) is 47.5 Å². The first kappa shape index (κ1) is 25.8. The molecule has 0 fully saturated rings. The van der Waals surface area contributed by atoms with E-state index in [1.165, 1.54) is 17.5 Å². The predicted molar refractivity (Wildman–Crippen MR) is 137 cm³/mol. The predicted octanol–water partition coefficient (Wildman–Crippen LogP) is 5.29. The summed E-state index contributed by atoms with van der Waals surface area (Å²) in [5.41, 5.74) is 2.07. The number of hydrogen-bond donors (Lipinski definition) is 1. The smallest absolute Gasteiger partial charge is 0.258 e. The number of amides is 1. The lowest BCUT2D eigenvalue weighted by Gasteiger charge is -2.31. The maximum atomic E-state index is 13.9. The number of carbonyl (C=O) groups excluding carboxylic acids is 1. The van der Waals surface area contributed by atoms with Crippen LogP contribution in [0.2, 0.25) is 0 Å². The van der Waals surface area contributed by atoms with Gasteiger partial charge in [-0.25, -0.2) is 8.42 Å². The largest absolute Gasteiger partial charge is 0.495 e. The van der Waals surface area contributed by atoms with E-state index in [-0.39, 0.29) is 22.6 Å². The average molecular weight is 486 g/mol. The van der Waals surface area contributed by atoms with Crippen molar-refractivity contribution in [1.29, 1.82) is 0 Å². The van der Waals surface area contributed by atoms with Crippen LogP contribution in [0.1, 0.15) is 51.4 Å². The van der Waals surface area contributed by atoms with Gasteiger partial charge in [-0.2, -0.15) is 4.31 Å². The number of nitrogens with one attached hydrogen (secondary N) is 1. The molecule has 1 amide bonds. The van der Waals surface area contributed by atoms with E-state index in [9.17, 15) is 13.2 Å². The van der Waals surface area contributed by atoms with Gasteiger partial charge in [0.1, 0.15) is 10.6 Å². The van der Waals surface area contributed by atoms with Gasteiger partial charge in [0.25, 0.3) is 5.91 Å². The van der Waals surface area contributed by atoms with Crippen molar-refractivity contribution in [1.82, 2.24) is 9.29 Å². The number of fused-ring (bicyclic) bond motifs is 1. The quantitative estimate of drug-likeness (QED) is 0.423. The fraction of sp³-hybridized carbons (Fsp3) is 0.423. The molecule has 0 bridgehead atoms. The van der Waals surface area contributed by atoms with E-state index in [0.717, 1.165) is 23.0 Å². The van der Waals surface area contributed by atoms with Crippen LogP contribution in [0.4, 0.5) is 5.69 Å². The van der Waals surface area contributed by atoms with Gasteiger partial charge in [0.15, 0.2) is 0 Å². The standard InChI is InChI=1S/C26H35N3O4S/c1-7-28(8-2)34(31,32)25-17-21(9-12-24(25)33-6)26(30)29(19(5)15-18(3)4)22-10-11-23-20(16-22)13-14-27-23/h9-14,16-19,27H,7-8,15H2,1-6H3/t19-/m0/s1. The fourth-order valence-corrected chi connectivity index (χ4v) is 6.04. The van der Waals surface area contributed by atoms with Crippen molar-refractivity contribution in [2.24, 2.45) is 5.92 Å². The summed E-state index contributed by atoms with van der Waals surface area (Å²) in [6, 6.07) is 12.4. The first-order valence-electron chi connectivity index (χ1n) is 11.7. The molecular weight excluding hydrogens is 450 g/mol. The van der Waals surface area contributed by atoms with E-state index < -0.39 is 10.0 Å². The Morgan fingerprint density at radius 3 is 2.35 bits per heavy atom. The molecule has 34 heavy (non-hydrogen) atoms. The molecule has 0 aliphatic carbocycles. The molecule has 0 radical (unpaired) electrons. The number of aromatic amines is 1.